The first-order valence-corrected chi connectivity index (χ1v) is 9.85. The van der Waals surface area contributed by atoms with Gasteiger partial charge in [-0.05, 0) is 18.1 Å². The van der Waals surface area contributed by atoms with Gasteiger partial charge in [0.25, 0.3) is 0 Å². The van der Waals surface area contributed by atoms with Crippen molar-refractivity contribution in [2.45, 2.75) is 31.8 Å². The molecular formula is C22H26N4O3. The lowest BCUT2D eigenvalue weighted by Crippen LogP contribution is -2.67. The van der Waals surface area contributed by atoms with Gasteiger partial charge in [0, 0.05) is 26.2 Å². The smallest absolute Gasteiger partial charge is 0.326 e. The van der Waals surface area contributed by atoms with E-state index < -0.39 is 11.9 Å². The molecule has 7 nitrogen and oxygen atoms in total. The minimum absolute atomic E-state index is 0.231. The number of para-hydroxylation sites is 1. The molecule has 2 aliphatic heterocycles. The lowest BCUT2D eigenvalue weighted by atomic mass is 9.90. The highest BCUT2D eigenvalue weighted by Gasteiger charge is 2.64. The number of anilines is 1. The van der Waals surface area contributed by atoms with Gasteiger partial charge in [0.1, 0.15) is 0 Å². The van der Waals surface area contributed by atoms with Crippen LogP contribution in [0.3, 0.4) is 0 Å². The molecule has 0 aliphatic carbocycles. The molecule has 2 atom stereocenters. The topological polar surface area (TPSA) is 67.3 Å². The highest BCUT2D eigenvalue weighted by atomic mass is 16.3. The van der Waals surface area contributed by atoms with Gasteiger partial charge in [-0.3, -0.25) is 19.6 Å². The Kier molecular flexibility index (Phi) is 4.70. The zero-order valence-corrected chi connectivity index (χ0v) is 16.9. The quantitative estimate of drug-likeness (QED) is 0.867. The fraction of sp³-hybridized carbons (Fsp3) is 0.364. The summed E-state index contributed by atoms with van der Waals surface area (Å²) in [6.07, 6.45) is -0.498. The molecule has 0 radical (unpaired) electrons. The molecule has 4 rings (SSSR count). The molecule has 1 fully saturated rings. The molecule has 1 N–H and O–H groups in total. The number of carbonyl (C=O) groups is 2. The lowest BCUT2D eigenvalue weighted by molar-refractivity contribution is -0.0993. The highest BCUT2D eigenvalue weighted by molar-refractivity contribution is 5.97. The highest BCUT2D eigenvalue weighted by Crippen LogP contribution is 2.49. The van der Waals surface area contributed by atoms with Crippen LogP contribution >= 0.6 is 0 Å². The maximum Gasteiger partial charge on any atom is 0.326 e. The van der Waals surface area contributed by atoms with E-state index in [9.17, 15) is 14.7 Å². The van der Waals surface area contributed by atoms with Crippen molar-refractivity contribution in [2.24, 2.45) is 0 Å². The van der Waals surface area contributed by atoms with E-state index in [-0.39, 0.29) is 18.6 Å². The molecule has 1 saturated heterocycles. The first-order chi connectivity index (χ1) is 13.9. The number of nitrogens with zero attached hydrogens (tertiary/aromatic N) is 4. The number of hydrogen-bond donors (Lipinski definition) is 1. The Hall–Kier alpha value is -3.06. The average Bonchev–Trinajstić information content (AvgIpc) is 2.92. The van der Waals surface area contributed by atoms with Crippen molar-refractivity contribution in [1.29, 1.82) is 0 Å². The summed E-state index contributed by atoms with van der Waals surface area (Å²) in [5.74, 6) is 0. The second kappa shape index (κ2) is 7.08. The number of urea groups is 2. The molecule has 2 aliphatic rings. The van der Waals surface area contributed by atoms with Crippen LogP contribution in [0.5, 0.6) is 0 Å². The van der Waals surface area contributed by atoms with E-state index in [1.165, 1.54) is 9.80 Å². The van der Waals surface area contributed by atoms with Crippen LogP contribution in [0.25, 0.3) is 0 Å². The summed E-state index contributed by atoms with van der Waals surface area (Å²) in [7, 11) is 3.39. The summed E-state index contributed by atoms with van der Waals surface area (Å²) in [5, 5.41) is 11.6. The number of aliphatic hydroxyl groups excluding tert-OH is 1. The monoisotopic (exact) mass is 394 g/mol. The first kappa shape index (κ1) is 19.3. The van der Waals surface area contributed by atoms with Crippen LogP contribution in [0.2, 0.25) is 0 Å². The molecule has 2 heterocycles. The Balaban J connectivity index is 1.88. The molecule has 7 heteroatoms. The van der Waals surface area contributed by atoms with Crippen molar-refractivity contribution in [1.82, 2.24) is 14.7 Å². The third-order valence-corrected chi connectivity index (χ3v) is 5.93. The van der Waals surface area contributed by atoms with Crippen molar-refractivity contribution in [3.63, 3.8) is 0 Å². The Morgan fingerprint density at radius 3 is 2.31 bits per heavy atom. The molecular weight excluding hydrogens is 368 g/mol. The van der Waals surface area contributed by atoms with Crippen molar-refractivity contribution in [3.8, 4) is 0 Å². The third kappa shape index (κ3) is 2.61. The van der Waals surface area contributed by atoms with E-state index in [0.29, 0.717) is 18.7 Å². The van der Waals surface area contributed by atoms with Crippen LogP contribution in [0, 0.1) is 0 Å². The Bertz CT molecular complexity index is 935. The number of benzene rings is 2. The van der Waals surface area contributed by atoms with Gasteiger partial charge in [-0.2, -0.15) is 0 Å². The standard InChI is InChI=1S/C22H26N4O3/c1-4-14-26-20(28)23(2)18-13-9-8-12-17(18)22(26)19(27)25(21(29)24(22)3)15-16-10-6-5-7-11-16/h5-13,19,27H,4,14-15H2,1-3H3. The number of hydrogen-bond acceptors (Lipinski definition) is 3. The first-order valence-electron chi connectivity index (χ1n) is 9.85. The van der Waals surface area contributed by atoms with E-state index in [1.807, 2.05) is 61.5 Å². The predicted octanol–water partition coefficient (Wildman–Crippen LogP) is 3.01. The van der Waals surface area contributed by atoms with Crippen molar-refractivity contribution < 1.29 is 14.7 Å². The van der Waals surface area contributed by atoms with Crippen molar-refractivity contribution in [2.75, 3.05) is 25.5 Å². The third-order valence-electron chi connectivity index (χ3n) is 5.93. The zero-order valence-electron chi connectivity index (χ0n) is 16.9. The molecule has 29 heavy (non-hydrogen) atoms. The minimum Gasteiger partial charge on any atom is -0.369 e. The fourth-order valence-electron chi connectivity index (χ4n) is 4.55. The molecule has 1 spiro atoms. The number of rotatable bonds is 4. The van der Waals surface area contributed by atoms with Crippen molar-refractivity contribution in [3.05, 3.63) is 65.7 Å². The number of carbonyl (C=O) groups excluding carboxylic acids is 2. The van der Waals surface area contributed by atoms with Crippen LogP contribution in [-0.2, 0) is 12.2 Å². The van der Waals surface area contributed by atoms with Gasteiger partial charge in [0.2, 0.25) is 0 Å². The predicted molar refractivity (Wildman–Crippen MR) is 110 cm³/mol. The van der Waals surface area contributed by atoms with E-state index in [2.05, 4.69) is 0 Å². The summed E-state index contributed by atoms with van der Waals surface area (Å²) >= 11 is 0. The van der Waals surface area contributed by atoms with E-state index in [4.69, 9.17) is 0 Å². The molecule has 4 amide bonds. The SMILES string of the molecule is CCCN1C(=O)N(C)c2ccccc2C12C(O)N(Cc1ccccc1)C(=O)N2C. The van der Waals surface area contributed by atoms with Crippen LogP contribution < -0.4 is 4.90 Å². The van der Waals surface area contributed by atoms with Gasteiger partial charge < -0.3 is 5.11 Å². The summed E-state index contributed by atoms with van der Waals surface area (Å²) in [4.78, 5) is 32.7. The summed E-state index contributed by atoms with van der Waals surface area (Å²) in [6.45, 7) is 2.66. The Morgan fingerprint density at radius 2 is 1.62 bits per heavy atom. The summed E-state index contributed by atoms with van der Waals surface area (Å²) in [6, 6.07) is 16.5. The van der Waals surface area contributed by atoms with Gasteiger partial charge >= 0.3 is 12.1 Å². The van der Waals surface area contributed by atoms with Gasteiger partial charge in [-0.15, -0.1) is 0 Å². The number of aliphatic hydroxyl groups is 1. The second-order valence-electron chi connectivity index (χ2n) is 7.57. The van der Waals surface area contributed by atoms with E-state index in [0.717, 1.165) is 11.1 Å². The Labute approximate surface area is 170 Å². The number of amides is 4. The van der Waals surface area contributed by atoms with Crippen LogP contribution in [-0.4, -0.2) is 58.7 Å². The molecule has 0 bridgehead atoms. The van der Waals surface area contributed by atoms with Crippen LogP contribution in [0.1, 0.15) is 24.5 Å². The van der Waals surface area contributed by atoms with Gasteiger partial charge in [-0.1, -0.05) is 55.5 Å². The summed E-state index contributed by atoms with van der Waals surface area (Å²) < 4.78 is 0. The van der Waals surface area contributed by atoms with Gasteiger partial charge in [0.05, 0.1) is 12.2 Å². The molecule has 152 valence electrons. The second-order valence-corrected chi connectivity index (χ2v) is 7.57. The molecule has 2 unspecified atom stereocenters. The molecule has 0 saturated carbocycles. The number of likely N-dealkylation sites (N-methyl/N-ethyl adjacent to an activating group) is 1. The lowest BCUT2D eigenvalue weighted by Gasteiger charge is -2.51. The van der Waals surface area contributed by atoms with Gasteiger partial charge in [-0.25, -0.2) is 9.59 Å². The van der Waals surface area contributed by atoms with E-state index in [1.54, 1.807) is 23.9 Å². The largest absolute Gasteiger partial charge is 0.369 e. The molecule has 2 aromatic carbocycles. The minimum atomic E-state index is -1.28. The normalized spacial score (nSPS) is 23.9. The molecule has 2 aromatic rings. The van der Waals surface area contributed by atoms with E-state index >= 15 is 0 Å². The fourth-order valence-corrected chi connectivity index (χ4v) is 4.55. The number of fused-ring (bicyclic) bond motifs is 2. The van der Waals surface area contributed by atoms with Crippen LogP contribution in [0.15, 0.2) is 54.6 Å². The van der Waals surface area contributed by atoms with Crippen molar-refractivity contribution >= 4 is 17.7 Å². The Morgan fingerprint density at radius 1 is 0.966 bits per heavy atom. The maximum atomic E-state index is 13.3. The summed E-state index contributed by atoms with van der Waals surface area (Å²) in [5.41, 5.74) is 1.08. The zero-order chi connectivity index (χ0) is 20.8. The average molecular weight is 394 g/mol. The maximum absolute atomic E-state index is 13.3. The van der Waals surface area contributed by atoms with Crippen LogP contribution in [0.4, 0.5) is 15.3 Å². The molecule has 0 aromatic heterocycles. The van der Waals surface area contributed by atoms with Gasteiger partial charge in [0.15, 0.2) is 11.9 Å².